The number of aliphatic hydroxyl groups excluding tert-OH is 1. The Bertz CT molecular complexity index is 765. The first-order chi connectivity index (χ1) is 12.5. The molecule has 5 nitrogen and oxygen atoms in total. The predicted octanol–water partition coefficient (Wildman–Crippen LogP) is 2.33. The number of carboxylic acid groups (broad SMARTS) is 1. The van der Waals surface area contributed by atoms with Crippen molar-refractivity contribution in [2.24, 2.45) is 0 Å². The Morgan fingerprint density at radius 3 is 2.62 bits per heavy atom. The molecule has 1 fully saturated rings. The molecule has 0 aliphatic carbocycles. The summed E-state index contributed by atoms with van der Waals surface area (Å²) in [6.45, 7) is 2.18. The van der Waals surface area contributed by atoms with Crippen molar-refractivity contribution in [3.05, 3.63) is 71.0 Å². The van der Waals surface area contributed by atoms with E-state index >= 15 is 0 Å². The molecule has 1 aliphatic heterocycles. The summed E-state index contributed by atoms with van der Waals surface area (Å²) in [5.74, 6) is -1.25. The molecule has 0 amide bonds. The quantitative estimate of drug-likeness (QED) is 0.828. The van der Waals surface area contributed by atoms with Crippen LogP contribution in [0.3, 0.4) is 0 Å². The van der Waals surface area contributed by atoms with Gasteiger partial charge in [-0.2, -0.15) is 0 Å². The summed E-state index contributed by atoms with van der Waals surface area (Å²) in [5, 5.41) is 18.9. The molecule has 26 heavy (non-hydrogen) atoms. The maximum absolute atomic E-state index is 13.4. The van der Waals surface area contributed by atoms with Gasteiger partial charge < -0.3 is 14.9 Å². The Balaban J connectivity index is 1.69. The van der Waals surface area contributed by atoms with Crippen LogP contribution < -0.4 is 0 Å². The number of aromatic carboxylic acids is 1. The van der Waals surface area contributed by atoms with Crippen molar-refractivity contribution in [1.29, 1.82) is 0 Å². The van der Waals surface area contributed by atoms with Crippen molar-refractivity contribution in [3.8, 4) is 0 Å². The van der Waals surface area contributed by atoms with Gasteiger partial charge in [0.25, 0.3) is 0 Å². The number of ether oxygens (including phenoxy) is 1. The SMILES string of the molecule is O=C(O)c1ccc(CN2CCO[C@](CO)(Cc3cccc(F)c3)C2)cc1. The number of halogens is 1. The molecule has 0 spiro atoms. The number of rotatable bonds is 6. The Hall–Kier alpha value is -2.28. The first-order valence-corrected chi connectivity index (χ1v) is 8.53. The molecule has 138 valence electrons. The second-order valence-corrected chi connectivity index (χ2v) is 6.71. The first kappa shape index (κ1) is 18.5. The summed E-state index contributed by atoms with van der Waals surface area (Å²) in [6.07, 6.45) is 0.426. The average molecular weight is 359 g/mol. The molecule has 0 aromatic heterocycles. The fraction of sp³-hybridized carbons (Fsp3) is 0.350. The predicted molar refractivity (Wildman–Crippen MR) is 94.6 cm³/mol. The number of morpholine rings is 1. The van der Waals surface area contributed by atoms with Gasteiger partial charge in [-0.15, -0.1) is 0 Å². The van der Waals surface area contributed by atoms with Crippen molar-refractivity contribution >= 4 is 5.97 Å². The maximum atomic E-state index is 13.4. The Morgan fingerprint density at radius 2 is 1.96 bits per heavy atom. The molecule has 6 heteroatoms. The van der Waals surface area contributed by atoms with Crippen LogP contribution in [0.2, 0.25) is 0 Å². The molecular formula is C20H22FNO4. The van der Waals surface area contributed by atoms with E-state index in [1.807, 2.05) is 6.07 Å². The molecule has 3 rings (SSSR count). The van der Waals surface area contributed by atoms with Gasteiger partial charge >= 0.3 is 5.97 Å². The number of carbonyl (C=O) groups is 1. The van der Waals surface area contributed by atoms with Gasteiger partial charge in [0.15, 0.2) is 0 Å². The fourth-order valence-corrected chi connectivity index (χ4v) is 3.35. The third kappa shape index (κ3) is 4.46. The van der Waals surface area contributed by atoms with Gasteiger partial charge in [-0.3, -0.25) is 4.90 Å². The van der Waals surface area contributed by atoms with Crippen LogP contribution in [0.4, 0.5) is 4.39 Å². The lowest BCUT2D eigenvalue weighted by Crippen LogP contribution is -2.55. The number of aliphatic hydroxyl groups is 1. The van der Waals surface area contributed by atoms with Crippen LogP contribution in [-0.2, 0) is 17.7 Å². The Kier molecular flexibility index (Phi) is 5.66. The van der Waals surface area contributed by atoms with E-state index in [0.717, 1.165) is 11.1 Å². The zero-order chi connectivity index (χ0) is 18.6. The van der Waals surface area contributed by atoms with Crippen LogP contribution in [0.5, 0.6) is 0 Å². The van der Waals surface area contributed by atoms with Gasteiger partial charge in [-0.1, -0.05) is 24.3 Å². The molecule has 1 aliphatic rings. The van der Waals surface area contributed by atoms with Gasteiger partial charge in [0, 0.05) is 26.1 Å². The fourth-order valence-electron chi connectivity index (χ4n) is 3.35. The first-order valence-electron chi connectivity index (χ1n) is 8.53. The van der Waals surface area contributed by atoms with E-state index in [4.69, 9.17) is 9.84 Å². The van der Waals surface area contributed by atoms with Crippen LogP contribution in [0.25, 0.3) is 0 Å². The monoisotopic (exact) mass is 359 g/mol. The minimum absolute atomic E-state index is 0.155. The summed E-state index contributed by atoms with van der Waals surface area (Å²) in [5.41, 5.74) is 1.26. The average Bonchev–Trinajstić information content (AvgIpc) is 2.62. The van der Waals surface area contributed by atoms with Gasteiger partial charge in [0.05, 0.1) is 18.8 Å². The lowest BCUT2D eigenvalue weighted by Gasteiger charge is -2.42. The molecule has 2 aromatic carbocycles. The van der Waals surface area contributed by atoms with Gasteiger partial charge in [-0.25, -0.2) is 9.18 Å². The van der Waals surface area contributed by atoms with E-state index in [-0.39, 0.29) is 18.0 Å². The van der Waals surface area contributed by atoms with Crippen molar-refractivity contribution in [2.45, 2.75) is 18.6 Å². The largest absolute Gasteiger partial charge is 0.478 e. The highest BCUT2D eigenvalue weighted by Crippen LogP contribution is 2.24. The normalized spacial score (nSPS) is 20.8. The number of hydrogen-bond acceptors (Lipinski definition) is 4. The van der Waals surface area contributed by atoms with Crippen LogP contribution >= 0.6 is 0 Å². The number of hydrogen-bond donors (Lipinski definition) is 2. The van der Waals surface area contributed by atoms with E-state index in [2.05, 4.69) is 4.90 Å². The molecule has 2 N–H and O–H groups in total. The summed E-state index contributed by atoms with van der Waals surface area (Å²) in [7, 11) is 0. The third-order valence-electron chi connectivity index (χ3n) is 4.64. The smallest absolute Gasteiger partial charge is 0.335 e. The second-order valence-electron chi connectivity index (χ2n) is 6.71. The van der Waals surface area contributed by atoms with E-state index in [1.165, 1.54) is 12.1 Å². The van der Waals surface area contributed by atoms with Crippen molar-refractivity contribution < 1.29 is 24.1 Å². The van der Waals surface area contributed by atoms with Crippen molar-refractivity contribution in [1.82, 2.24) is 4.90 Å². The number of carboxylic acids is 1. The number of benzene rings is 2. The number of nitrogens with zero attached hydrogens (tertiary/aromatic N) is 1. The van der Waals surface area contributed by atoms with Crippen LogP contribution in [0.15, 0.2) is 48.5 Å². The minimum atomic E-state index is -0.947. The lowest BCUT2D eigenvalue weighted by molar-refractivity contribution is -0.134. The maximum Gasteiger partial charge on any atom is 0.335 e. The van der Waals surface area contributed by atoms with Crippen molar-refractivity contribution in [3.63, 3.8) is 0 Å². The zero-order valence-electron chi connectivity index (χ0n) is 14.4. The second kappa shape index (κ2) is 7.95. The summed E-state index contributed by atoms with van der Waals surface area (Å²) in [4.78, 5) is 13.1. The molecule has 1 heterocycles. The summed E-state index contributed by atoms with van der Waals surface area (Å²) < 4.78 is 19.3. The molecule has 0 saturated carbocycles. The molecular weight excluding hydrogens is 337 g/mol. The molecule has 1 saturated heterocycles. The Labute approximate surface area is 151 Å². The molecule has 1 atom stereocenters. The molecule has 2 aromatic rings. The minimum Gasteiger partial charge on any atom is -0.478 e. The van der Waals surface area contributed by atoms with Gasteiger partial charge in [-0.05, 0) is 35.4 Å². The topological polar surface area (TPSA) is 70.0 Å². The Morgan fingerprint density at radius 1 is 1.19 bits per heavy atom. The van der Waals surface area contributed by atoms with Crippen molar-refractivity contribution in [2.75, 3.05) is 26.3 Å². The van der Waals surface area contributed by atoms with Gasteiger partial charge in [0.1, 0.15) is 11.4 Å². The van der Waals surface area contributed by atoms with E-state index in [9.17, 15) is 14.3 Å². The highest BCUT2D eigenvalue weighted by atomic mass is 19.1. The summed E-state index contributed by atoms with van der Waals surface area (Å²) >= 11 is 0. The van der Waals surface area contributed by atoms with Crippen LogP contribution in [-0.4, -0.2) is 53.0 Å². The van der Waals surface area contributed by atoms with E-state index < -0.39 is 11.6 Å². The highest BCUT2D eigenvalue weighted by Gasteiger charge is 2.36. The lowest BCUT2D eigenvalue weighted by atomic mass is 9.93. The van der Waals surface area contributed by atoms with Crippen LogP contribution in [0.1, 0.15) is 21.5 Å². The molecule has 0 bridgehead atoms. The molecule has 0 unspecified atom stereocenters. The van der Waals surface area contributed by atoms with E-state index in [1.54, 1.807) is 30.3 Å². The van der Waals surface area contributed by atoms with Gasteiger partial charge in [0.2, 0.25) is 0 Å². The third-order valence-corrected chi connectivity index (χ3v) is 4.64. The highest BCUT2D eigenvalue weighted by molar-refractivity contribution is 5.87. The van der Waals surface area contributed by atoms with E-state index in [0.29, 0.717) is 32.7 Å². The standard InChI is InChI=1S/C20H22FNO4/c21-18-3-1-2-16(10-18)11-20(14-23)13-22(8-9-26-20)12-15-4-6-17(7-5-15)19(24)25/h1-7,10,23H,8-9,11-14H2,(H,24,25)/t20-/m1/s1. The summed E-state index contributed by atoms with van der Waals surface area (Å²) in [6, 6.07) is 13.1. The zero-order valence-corrected chi connectivity index (χ0v) is 14.4. The van der Waals surface area contributed by atoms with Crippen LogP contribution in [0, 0.1) is 5.82 Å². The molecule has 0 radical (unpaired) electrons.